The van der Waals surface area contributed by atoms with Crippen LogP contribution in [0.25, 0.3) is 10.2 Å². The van der Waals surface area contributed by atoms with Crippen molar-refractivity contribution in [3.8, 4) is 0 Å². The fourth-order valence-electron chi connectivity index (χ4n) is 5.58. The molecule has 2 bridgehead atoms. The van der Waals surface area contributed by atoms with Crippen molar-refractivity contribution in [1.29, 1.82) is 0 Å². The molecule has 1 aliphatic carbocycles. The van der Waals surface area contributed by atoms with Gasteiger partial charge in [-0.05, 0) is 74.4 Å². The Labute approximate surface area is 192 Å². The smallest absolute Gasteiger partial charge is 0.263 e. The van der Waals surface area contributed by atoms with Crippen molar-refractivity contribution >= 4 is 38.8 Å². The van der Waals surface area contributed by atoms with Gasteiger partial charge in [0, 0.05) is 48.0 Å². The van der Waals surface area contributed by atoms with Crippen LogP contribution < -0.4 is 21.3 Å². The first kappa shape index (κ1) is 20.0. The lowest BCUT2D eigenvalue weighted by atomic mass is 9.87. The molecule has 4 N–H and O–H groups in total. The Kier molecular flexibility index (Phi) is 4.84. The molecule has 7 heteroatoms. The van der Waals surface area contributed by atoms with Crippen molar-refractivity contribution < 1.29 is 4.79 Å². The van der Waals surface area contributed by atoms with Crippen LogP contribution in [0.3, 0.4) is 0 Å². The molecule has 166 valence electrons. The molecule has 4 heterocycles. The molecule has 2 fully saturated rings. The number of hydrogen-bond donors (Lipinski definition) is 3. The lowest BCUT2D eigenvalue weighted by molar-refractivity contribution is 0.0938. The maximum Gasteiger partial charge on any atom is 0.263 e. The average Bonchev–Trinajstić information content (AvgIpc) is 3.30. The van der Waals surface area contributed by atoms with Crippen LogP contribution in [-0.4, -0.2) is 42.1 Å². The molecule has 0 radical (unpaired) electrons. The summed E-state index contributed by atoms with van der Waals surface area (Å²) in [6.07, 6.45) is 5.42. The Balaban J connectivity index is 1.16. The van der Waals surface area contributed by atoms with E-state index in [1.807, 2.05) is 19.1 Å². The number of nitrogen functional groups attached to an aromatic ring is 1. The van der Waals surface area contributed by atoms with E-state index in [-0.39, 0.29) is 11.9 Å². The van der Waals surface area contributed by atoms with E-state index >= 15 is 0 Å². The Hall–Kier alpha value is -2.64. The summed E-state index contributed by atoms with van der Waals surface area (Å²) in [5, 5.41) is 7.82. The standard InChI is InChI=1S/C25H29N5OS/c1-14-2-9-21-22(26)23(32-25(21)27-14)24(31)29-17-5-3-16-11-20(8-4-15(16)10-17)30-12-18-6-7-19(13-30)28-18/h2,4,8-9,11,17-19,28H,3,5-7,10,12-13,26H2,1H3,(H,29,31)/t17-,18?,19?/m1/s1. The molecular weight excluding hydrogens is 418 g/mol. The van der Waals surface area contributed by atoms with E-state index in [1.165, 1.54) is 41.0 Å². The molecule has 6 rings (SSSR count). The highest BCUT2D eigenvalue weighted by atomic mass is 32.1. The number of rotatable bonds is 3. The highest BCUT2D eigenvalue weighted by Gasteiger charge is 2.32. The van der Waals surface area contributed by atoms with Gasteiger partial charge in [-0.25, -0.2) is 4.98 Å². The monoisotopic (exact) mass is 447 g/mol. The molecule has 2 saturated heterocycles. The zero-order valence-corrected chi connectivity index (χ0v) is 19.2. The van der Waals surface area contributed by atoms with Gasteiger partial charge in [0.25, 0.3) is 5.91 Å². The number of aryl methyl sites for hydroxylation is 2. The van der Waals surface area contributed by atoms with Gasteiger partial charge in [-0.2, -0.15) is 0 Å². The van der Waals surface area contributed by atoms with Gasteiger partial charge in [0.15, 0.2) is 0 Å². The molecule has 3 atom stereocenters. The summed E-state index contributed by atoms with van der Waals surface area (Å²) in [5.74, 6) is -0.0792. The Morgan fingerprint density at radius 1 is 1.16 bits per heavy atom. The zero-order valence-electron chi connectivity index (χ0n) is 18.4. The van der Waals surface area contributed by atoms with Crippen molar-refractivity contribution in [1.82, 2.24) is 15.6 Å². The van der Waals surface area contributed by atoms with E-state index in [0.717, 1.165) is 48.3 Å². The third-order valence-corrected chi connectivity index (χ3v) is 8.39. The normalized spacial score (nSPS) is 24.5. The number of benzene rings is 1. The molecule has 32 heavy (non-hydrogen) atoms. The van der Waals surface area contributed by atoms with E-state index in [0.29, 0.717) is 22.6 Å². The summed E-state index contributed by atoms with van der Waals surface area (Å²) >= 11 is 1.38. The predicted octanol–water partition coefficient (Wildman–Crippen LogP) is 3.41. The van der Waals surface area contributed by atoms with Crippen LogP contribution in [0.4, 0.5) is 11.4 Å². The molecule has 3 aliphatic rings. The minimum absolute atomic E-state index is 0.0792. The number of piperazine rings is 1. The van der Waals surface area contributed by atoms with Crippen molar-refractivity contribution in [2.24, 2.45) is 0 Å². The van der Waals surface area contributed by atoms with Crippen LogP contribution in [0.5, 0.6) is 0 Å². The second kappa shape index (κ2) is 7.74. The molecule has 3 aromatic rings. The fourth-order valence-corrected chi connectivity index (χ4v) is 6.62. The number of nitrogens with one attached hydrogen (secondary N) is 2. The first-order valence-electron chi connectivity index (χ1n) is 11.6. The van der Waals surface area contributed by atoms with E-state index in [2.05, 4.69) is 38.7 Å². The van der Waals surface area contributed by atoms with E-state index in [1.54, 1.807) is 0 Å². The number of nitrogens with zero attached hydrogens (tertiary/aromatic N) is 2. The molecule has 1 aromatic carbocycles. The maximum absolute atomic E-state index is 13.0. The number of anilines is 2. The molecule has 1 amide bonds. The Bertz CT molecular complexity index is 1190. The van der Waals surface area contributed by atoms with Gasteiger partial charge in [-0.15, -0.1) is 11.3 Å². The largest absolute Gasteiger partial charge is 0.397 e. The van der Waals surface area contributed by atoms with Crippen LogP contribution in [0, 0.1) is 6.92 Å². The number of nitrogens with two attached hydrogens (primary N) is 1. The third kappa shape index (κ3) is 3.53. The highest BCUT2D eigenvalue weighted by Crippen LogP contribution is 2.33. The molecule has 0 saturated carbocycles. The summed E-state index contributed by atoms with van der Waals surface area (Å²) < 4.78 is 0. The minimum Gasteiger partial charge on any atom is -0.397 e. The van der Waals surface area contributed by atoms with Crippen molar-refractivity contribution in [3.63, 3.8) is 0 Å². The van der Waals surface area contributed by atoms with Crippen molar-refractivity contribution in [3.05, 3.63) is 52.0 Å². The van der Waals surface area contributed by atoms with Crippen LogP contribution >= 0.6 is 11.3 Å². The first-order chi connectivity index (χ1) is 15.5. The van der Waals surface area contributed by atoms with Gasteiger partial charge in [0.1, 0.15) is 9.71 Å². The lowest BCUT2D eigenvalue weighted by Gasteiger charge is -2.35. The summed E-state index contributed by atoms with van der Waals surface area (Å²) in [6, 6.07) is 12.2. The quantitative estimate of drug-likeness (QED) is 0.573. The Morgan fingerprint density at radius 3 is 2.78 bits per heavy atom. The fraction of sp³-hybridized carbons (Fsp3) is 0.440. The Morgan fingerprint density at radius 2 is 1.97 bits per heavy atom. The highest BCUT2D eigenvalue weighted by molar-refractivity contribution is 7.21. The zero-order chi connectivity index (χ0) is 21.8. The summed E-state index contributed by atoms with van der Waals surface area (Å²) in [6.45, 7) is 4.17. The number of amides is 1. The van der Waals surface area contributed by atoms with Gasteiger partial charge < -0.3 is 21.3 Å². The van der Waals surface area contributed by atoms with Crippen molar-refractivity contribution in [2.45, 2.75) is 57.2 Å². The topological polar surface area (TPSA) is 83.3 Å². The van der Waals surface area contributed by atoms with Crippen LogP contribution in [0.1, 0.15) is 45.8 Å². The summed E-state index contributed by atoms with van der Waals surface area (Å²) in [4.78, 5) is 21.5. The molecule has 2 aromatic heterocycles. The summed E-state index contributed by atoms with van der Waals surface area (Å²) in [5.41, 5.74) is 11.9. The van der Waals surface area contributed by atoms with Crippen LogP contribution in [0.15, 0.2) is 30.3 Å². The molecule has 2 unspecified atom stereocenters. The van der Waals surface area contributed by atoms with Crippen molar-refractivity contribution in [2.75, 3.05) is 23.7 Å². The molecular formula is C25H29N5OS. The number of pyridine rings is 1. The summed E-state index contributed by atoms with van der Waals surface area (Å²) in [7, 11) is 0. The average molecular weight is 448 g/mol. The van der Waals surface area contributed by atoms with E-state index in [9.17, 15) is 4.79 Å². The first-order valence-corrected chi connectivity index (χ1v) is 12.4. The molecule has 0 spiro atoms. The minimum atomic E-state index is -0.0792. The number of carbonyl (C=O) groups is 1. The van der Waals surface area contributed by atoms with Gasteiger partial charge >= 0.3 is 0 Å². The predicted molar refractivity (Wildman–Crippen MR) is 131 cm³/mol. The lowest BCUT2D eigenvalue weighted by Crippen LogP contribution is -2.51. The van der Waals surface area contributed by atoms with Gasteiger partial charge in [0.05, 0.1) is 5.69 Å². The maximum atomic E-state index is 13.0. The van der Waals surface area contributed by atoms with Gasteiger partial charge in [0.2, 0.25) is 0 Å². The second-order valence-electron chi connectivity index (χ2n) is 9.56. The SMILES string of the molecule is Cc1ccc2c(N)c(C(=O)N[C@@H]3CCc4cc(N5CC6CCC(C5)N6)ccc4C3)sc2n1. The van der Waals surface area contributed by atoms with E-state index in [4.69, 9.17) is 5.73 Å². The molecule has 6 nitrogen and oxygen atoms in total. The molecule has 2 aliphatic heterocycles. The number of aromatic nitrogens is 1. The van der Waals surface area contributed by atoms with Gasteiger partial charge in [-0.3, -0.25) is 4.79 Å². The number of fused-ring (bicyclic) bond motifs is 4. The number of thiophene rings is 1. The van der Waals surface area contributed by atoms with E-state index < -0.39 is 0 Å². The number of carbonyl (C=O) groups excluding carboxylic acids is 1. The van der Waals surface area contributed by atoms with Gasteiger partial charge in [-0.1, -0.05) is 6.07 Å². The number of hydrogen-bond acceptors (Lipinski definition) is 6. The van der Waals surface area contributed by atoms with Crippen LogP contribution in [0.2, 0.25) is 0 Å². The second-order valence-corrected chi connectivity index (χ2v) is 10.6. The van der Waals surface area contributed by atoms with Crippen LogP contribution in [-0.2, 0) is 12.8 Å². The third-order valence-electron chi connectivity index (χ3n) is 7.27.